The van der Waals surface area contributed by atoms with Gasteiger partial charge >= 0.3 is 0 Å². The lowest BCUT2D eigenvalue weighted by atomic mass is 9.86. The van der Waals surface area contributed by atoms with E-state index in [4.69, 9.17) is 15.0 Å². The number of benzene rings is 10. The molecule has 60 heavy (non-hydrogen) atoms. The molecule has 1 aromatic heterocycles. The monoisotopic (exact) mass is 763 g/mol. The molecule has 0 saturated carbocycles. The Balaban J connectivity index is 1.21. The van der Waals surface area contributed by atoms with Gasteiger partial charge in [-0.2, -0.15) is 0 Å². The third kappa shape index (κ3) is 6.39. The Morgan fingerprint density at radius 3 is 1.08 bits per heavy atom. The molecule has 0 radical (unpaired) electrons. The zero-order valence-electron chi connectivity index (χ0n) is 32.7. The van der Waals surface area contributed by atoms with Gasteiger partial charge in [0.2, 0.25) is 0 Å². The molecule has 0 aliphatic heterocycles. The molecule has 0 N–H and O–H groups in total. The Morgan fingerprint density at radius 1 is 0.217 bits per heavy atom. The summed E-state index contributed by atoms with van der Waals surface area (Å²) in [6.07, 6.45) is 0. The van der Waals surface area contributed by atoms with Crippen LogP contribution in [0.1, 0.15) is 0 Å². The van der Waals surface area contributed by atoms with Gasteiger partial charge in [0.25, 0.3) is 0 Å². The molecule has 0 fully saturated rings. The van der Waals surface area contributed by atoms with Gasteiger partial charge in [-0.3, -0.25) is 0 Å². The van der Waals surface area contributed by atoms with E-state index in [2.05, 4.69) is 188 Å². The molecule has 11 rings (SSSR count). The first kappa shape index (κ1) is 35.2. The normalized spacial score (nSPS) is 11.3. The van der Waals surface area contributed by atoms with Crippen molar-refractivity contribution in [2.24, 2.45) is 0 Å². The van der Waals surface area contributed by atoms with Crippen LogP contribution < -0.4 is 0 Å². The van der Waals surface area contributed by atoms with E-state index in [1.165, 1.54) is 38.4 Å². The van der Waals surface area contributed by atoms with Gasteiger partial charge in [-0.1, -0.05) is 200 Å². The van der Waals surface area contributed by atoms with Crippen LogP contribution in [0, 0.1) is 0 Å². The molecule has 280 valence electrons. The molecule has 1 heterocycles. The molecule has 3 heteroatoms. The first-order chi connectivity index (χ1) is 29.7. The fourth-order valence-electron chi connectivity index (χ4n) is 8.64. The molecule has 0 saturated heterocycles. The van der Waals surface area contributed by atoms with Gasteiger partial charge in [0, 0.05) is 22.1 Å². The van der Waals surface area contributed by atoms with Gasteiger partial charge in [0.05, 0.1) is 0 Å². The lowest BCUT2D eigenvalue weighted by Gasteiger charge is -2.19. The van der Waals surface area contributed by atoms with Crippen molar-refractivity contribution in [3.05, 3.63) is 224 Å². The van der Waals surface area contributed by atoms with Crippen LogP contribution >= 0.6 is 0 Å². The first-order valence-corrected chi connectivity index (χ1v) is 20.4. The maximum Gasteiger partial charge on any atom is 0.165 e. The van der Waals surface area contributed by atoms with Gasteiger partial charge in [0.1, 0.15) is 0 Å². The fourth-order valence-corrected chi connectivity index (χ4v) is 8.64. The van der Waals surface area contributed by atoms with Crippen LogP contribution in [-0.2, 0) is 0 Å². The Kier molecular flexibility index (Phi) is 8.83. The van der Waals surface area contributed by atoms with Crippen molar-refractivity contribution in [2.45, 2.75) is 0 Å². The Labute approximate surface area is 349 Å². The Hall–Kier alpha value is -8.01. The van der Waals surface area contributed by atoms with Gasteiger partial charge in [-0.15, -0.1) is 0 Å². The van der Waals surface area contributed by atoms with Crippen LogP contribution in [0.2, 0.25) is 0 Å². The summed E-state index contributed by atoms with van der Waals surface area (Å²) in [5, 5.41) is 7.04. The third-order valence-corrected chi connectivity index (χ3v) is 11.5. The molecule has 10 aromatic carbocycles. The topological polar surface area (TPSA) is 38.7 Å². The first-order valence-electron chi connectivity index (χ1n) is 20.4. The summed E-state index contributed by atoms with van der Waals surface area (Å²) in [4.78, 5) is 15.8. The molecule has 3 nitrogen and oxygen atoms in total. The van der Waals surface area contributed by atoms with Gasteiger partial charge in [0.15, 0.2) is 17.5 Å². The molecule has 0 aliphatic rings. The molecule has 0 amide bonds. The largest absolute Gasteiger partial charge is 0.208 e. The van der Waals surface area contributed by atoms with Crippen LogP contribution in [0.15, 0.2) is 224 Å². The minimum Gasteiger partial charge on any atom is -0.208 e. The van der Waals surface area contributed by atoms with Crippen LogP contribution in [0.25, 0.3) is 111 Å². The third-order valence-electron chi connectivity index (χ3n) is 11.5. The molecule has 11 aromatic rings. The lowest BCUT2D eigenvalue weighted by molar-refractivity contribution is 1.08. The minimum atomic E-state index is 0.631. The molecule has 0 unspecified atom stereocenters. The quantitative estimate of drug-likeness (QED) is 0.152. The summed E-state index contributed by atoms with van der Waals surface area (Å²) in [6, 6.07) is 79.6. The van der Waals surface area contributed by atoms with E-state index in [0.29, 0.717) is 17.5 Å². The van der Waals surface area contributed by atoms with Crippen molar-refractivity contribution < 1.29 is 0 Å². The Bertz CT molecular complexity index is 3190. The summed E-state index contributed by atoms with van der Waals surface area (Å²) >= 11 is 0. The number of nitrogens with zero attached hydrogens (tertiary/aromatic N) is 3. The maximum atomic E-state index is 5.37. The average molecular weight is 764 g/mol. The fraction of sp³-hybridized carbons (Fsp3) is 0. The predicted molar refractivity (Wildman–Crippen MR) is 250 cm³/mol. The van der Waals surface area contributed by atoms with E-state index in [0.717, 1.165) is 55.1 Å². The maximum absolute atomic E-state index is 5.37. The van der Waals surface area contributed by atoms with E-state index in [1.807, 2.05) is 36.4 Å². The van der Waals surface area contributed by atoms with Crippen LogP contribution in [0.3, 0.4) is 0 Å². The zero-order valence-corrected chi connectivity index (χ0v) is 32.7. The number of rotatable bonds is 7. The van der Waals surface area contributed by atoms with Crippen molar-refractivity contribution >= 4 is 32.3 Å². The van der Waals surface area contributed by atoms with Crippen molar-refractivity contribution in [1.29, 1.82) is 0 Å². The van der Waals surface area contributed by atoms with Crippen molar-refractivity contribution in [3.8, 4) is 78.7 Å². The van der Waals surface area contributed by atoms with E-state index >= 15 is 0 Å². The van der Waals surface area contributed by atoms with E-state index in [1.54, 1.807) is 0 Å². The Morgan fingerprint density at radius 2 is 0.567 bits per heavy atom. The van der Waals surface area contributed by atoms with Crippen molar-refractivity contribution in [3.63, 3.8) is 0 Å². The van der Waals surface area contributed by atoms with E-state index < -0.39 is 0 Å². The highest BCUT2D eigenvalue weighted by Crippen LogP contribution is 2.45. The molecule has 0 aliphatic carbocycles. The van der Waals surface area contributed by atoms with Gasteiger partial charge < -0.3 is 0 Å². The van der Waals surface area contributed by atoms with Crippen LogP contribution in [-0.4, -0.2) is 15.0 Å². The lowest BCUT2D eigenvalue weighted by Crippen LogP contribution is -2.02. The summed E-state index contributed by atoms with van der Waals surface area (Å²) in [5.41, 5.74) is 12.0. The predicted octanol–water partition coefficient (Wildman–Crippen LogP) is 15.0. The molecule has 0 atom stereocenters. The van der Waals surface area contributed by atoms with E-state index in [9.17, 15) is 0 Å². The number of hydrogen-bond acceptors (Lipinski definition) is 3. The molecule has 0 spiro atoms. The summed E-state index contributed by atoms with van der Waals surface area (Å²) in [7, 11) is 0. The molecule has 0 bridgehead atoms. The van der Waals surface area contributed by atoms with Gasteiger partial charge in [-0.25, -0.2) is 15.0 Å². The SMILES string of the molecule is c1ccc(-c2cc(-c3ccccc3)cc(-c3cccc(-c4ccc5c6ccccc6c6ccccc6c5c4-c4nc(-c5ccccc5)nc(-c5ccccc5)n4)c3)c2)cc1. The van der Waals surface area contributed by atoms with Gasteiger partial charge in [-0.05, 0) is 95.7 Å². The second-order valence-electron chi connectivity index (χ2n) is 15.2. The summed E-state index contributed by atoms with van der Waals surface area (Å²) < 4.78 is 0. The number of aromatic nitrogens is 3. The average Bonchev–Trinajstić information content (AvgIpc) is 3.34. The van der Waals surface area contributed by atoms with Crippen molar-refractivity contribution in [1.82, 2.24) is 15.0 Å². The second-order valence-corrected chi connectivity index (χ2v) is 15.2. The van der Waals surface area contributed by atoms with E-state index in [-0.39, 0.29) is 0 Å². The highest BCUT2D eigenvalue weighted by atomic mass is 15.0. The van der Waals surface area contributed by atoms with Crippen LogP contribution in [0.5, 0.6) is 0 Å². The highest BCUT2D eigenvalue weighted by molar-refractivity contribution is 6.29. The van der Waals surface area contributed by atoms with Crippen molar-refractivity contribution in [2.75, 3.05) is 0 Å². The number of hydrogen-bond donors (Lipinski definition) is 0. The standard InChI is InChI=1S/C57H37N3/c1-5-18-38(19-6-1)44-35-45(39-20-7-2-8-21-39)37-46(36-44)42-26-17-27-43(34-42)47-32-33-52-50-30-14-13-28-48(50)49-29-15-16-31-51(49)53(52)54(47)57-59-55(40-22-9-3-10-23-40)58-56(60-57)41-24-11-4-12-25-41/h1-37H. The second kappa shape index (κ2) is 15.1. The summed E-state index contributed by atoms with van der Waals surface area (Å²) in [6.45, 7) is 0. The molecular formula is C57H37N3. The number of fused-ring (bicyclic) bond motifs is 6. The minimum absolute atomic E-state index is 0.631. The zero-order chi connectivity index (χ0) is 39.8. The smallest absolute Gasteiger partial charge is 0.165 e. The van der Waals surface area contributed by atoms with Crippen LogP contribution in [0.4, 0.5) is 0 Å². The summed E-state index contributed by atoms with van der Waals surface area (Å²) in [5.74, 6) is 1.89. The highest BCUT2D eigenvalue weighted by Gasteiger charge is 2.22. The molecular weight excluding hydrogens is 727 g/mol.